The fourth-order valence-corrected chi connectivity index (χ4v) is 3.14. The van der Waals surface area contributed by atoms with Gasteiger partial charge in [0.25, 0.3) is 5.89 Å². The van der Waals surface area contributed by atoms with E-state index in [2.05, 4.69) is 15.1 Å². The molecular formula is C26H37N4O6+. The van der Waals surface area contributed by atoms with Crippen molar-refractivity contribution in [3.8, 4) is 11.5 Å². The summed E-state index contributed by atoms with van der Waals surface area (Å²) in [6, 6.07) is 10.8. The number of esters is 1. The Morgan fingerprint density at radius 1 is 1.00 bits per heavy atom. The van der Waals surface area contributed by atoms with Crippen molar-refractivity contribution < 1.29 is 34.2 Å². The number of carbonyl (C=O) groups is 1. The van der Waals surface area contributed by atoms with Gasteiger partial charge < -0.3 is 18.7 Å². The number of rotatable bonds is 15. The largest absolute Gasteiger partial charge is 0.462 e. The van der Waals surface area contributed by atoms with E-state index in [9.17, 15) is 4.79 Å². The summed E-state index contributed by atoms with van der Waals surface area (Å²) in [6.07, 6.45) is 4.97. The number of unbranched alkanes of at least 4 members (excludes halogenated alkanes) is 2. The van der Waals surface area contributed by atoms with Gasteiger partial charge in [-0.2, -0.15) is 10.5 Å². The number of benzene rings is 1. The molecule has 36 heavy (non-hydrogen) atoms. The third kappa shape index (κ3) is 10.2. The number of pyridine rings is 1. The Morgan fingerprint density at radius 3 is 2.47 bits per heavy atom. The van der Waals surface area contributed by atoms with Crippen LogP contribution in [0.3, 0.4) is 0 Å². The Morgan fingerprint density at radius 2 is 1.72 bits per heavy atom. The SMILES string of the molecule is CC.Cc1cc([NH2+]O)cnc1-c1noc(COCCCOCCCCCOC(=O)c2ccccc2)n1. The number of hydrogen-bond acceptors (Lipinski definition) is 9. The molecule has 0 saturated heterocycles. The zero-order valence-electron chi connectivity index (χ0n) is 21.3. The van der Waals surface area contributed by atoms with Gasteiger partial charge in [-0.25, -0.2) is 15.0 Å². The number of aryl methyl sites for hydroxylation is 1. The van der Waals surface area contributed by atoms with Gasteiger partial charge >= 0.3 is 5.97 Å². The second-order valence-electron chi connectivity index (χ2n) is 7.66. The lowest BCUT2D eigenvalue weighted by Crippen LogP contribution is -2.73. The van der Waals surface area contributed by atoms with Gasteiger partial charge in [-0.3, -0.25) is 0 Å². The van der Waals surface area contributed by atoms with Gasteiger partial charge in [-0.1, -0.05) is 37.2 Å². The molecule has 0 fully saturated rings. The Balaban J connectivity index is 0.00000222. The van der Waals surface area contributed by atoms with Crippen molar-refractivity contribution in [2.75, 3.05) is 26.4 Å². The molecule has 2 aromatic heterocycles. The van der Waals surface area contributed by atoms with Crippen molar-refractivity contribution in [1.82, 2.24) is 15.1 Å². The van der Waals surface area contributed by atoms with Crippen molar-refractivity contribution >= 4 is 11.7 Å². The molecule has 0 aliphatic rings. The molecule has 0 unspecified atom stereocenters. The van der Waals surface area contributed by atoms with Crippen LogP contribution in [-0.4, -0.2) is 52.7 Å². The molecule has 0 spiro atoms. The van der Waals surface area contributed by atoms with E-state index >= 15 is 0 Å². The Hall–Kier alpha value is -3.18. The van der Waals surface area contributed by atoms with Crippen molar-refractivity contribution in [3.05, 3.63) is 59.6 Å². The van der Waals surface area contributed by atoms with E-state index in [0.717, 1.165) is 36.7 Å². The second kappa shape index (κ2) is 17.3. The number of quaternary nitrogens is 1. The van der Waals surface area contributed by atoms with E-state index in [-0.39, 0.29) is 12.6 Å². The second-order valence-corrected chi connectivity index (χ2v) is 7.66. The molecule has 3 aromatic rings. The summed E-state index contributed by atoms with van der Waals surface area (Å²) in [6.45, 7) is 8.29. The van der Waals surface area contributed by atoms with Gasteiger partial charge in [0.1, 0.15) is 12.3 Å². The Kier molecular flexibility index (Phi) is 13.9. The summed E-state index contributed by atoms with van der Waals surface area (Å²) < 4.78 is 21.6. The normalized spacial score (nSPS) is 10.6. The highest BCUT2D eigenvalue weighted by Crippen LogP contribution is 2.19. The molecule has 0 amide bonds. The molecule has 0 saturated carbocycles. The van der Waals surface area contributed by atoms with Gasteiger partial charge in [-0.05, 0) is 50.3 Å². The minimum Gasteiger partial charge on any atom is -0.462 e. The van der Waals surface area contributed by atoms with Crippen molar-refractivity contribution in [1.29, 1.82) is 0 Å². The van der Waals surface area contributed by atoms with E-state index in [1.54, 1.807) is 18.2 Å². The van der Waals surface area contributed by atoms with Gasteiger partial charge in [-0.15, -0.1) is 0 Å². The molecule has 196 valence electrons. The van der Waals surface area contributed by atoms with Crippen molar-refractivity contribution in [2.24, 2.45) is 0 Å². The molecule has 0 aliphatic heterocycles. The maximum absolute atomic E-state index is 11.8. The van der Waals surface area contributed by atoms with Crippen LogP contribution in [0.15, 0.2) is 47.1 Å². The van der Waals surface area contributed by atoms with E-state index in [0.29, 0.717) is 55.1 Å². The average molecular weight is 502 g/mol. The number of ether oxygens (including phenoxy) is 3. The number of carbonyl (C=O) groups excluding carboxylic acids is 1. The highest BCUT2D eigenvalue weighted by atomic mass is 16.5. The van der Waals surface area contributed by atoms with Crippen LogP contribution >= 0.6 is 0 Å². The highest BCUT2D eigenvalue weighted by Gasteiger charge is 2.14. The summed E-state index contributed by atoms with van der Waals surface area (Å²) >= 11 is 0. The number of hydrogen-bond donors (Lipinski definition) is 2. The first-order chi connectivity index (χ1) is 17.7. The van der Waals surface area contributed by atoms with E-state index in [4.69, 9.17) is 23.9 Å². The van der Waals surface area contributed by atoms with Crippen LogP contribution in [0, 0.1) is 6.92 Å². The average Bonchev–Trinajstić information content (AvgIpc) is 3.39. The topological polar surface area (TPSA) is 133 Å². The van der Waals surface area contributed by atoms with Crippen LogP contribution in [0.25, 0.3) is 11.5 Å². The first kappa shape index (κ1) is 29.1. The third-order valence-corrected chi connectivity index (χ3v) is 4.91. The zero-order chi connectivity index (χ0) is 26.0. The van der Waals surface area contributed by atoms with Crippen LogP contribution in [0.5, 0.6) is 0 Å². The lowest BCUT2D eigenvalue weighted by Gasteiger charge is -2.06. The lowest BCUT2D eigenvalue weighted by molar-refractivity contribution is -0.825. The fourth-order valence-electron chi connectivity index (χ4n) is 3.14. The minimum absolute atomic E-state index is 0.219. The van der Waals surface area contributed by atoms with E-state index in [1.165, 1.54) is 6.20 Å². The van der Waals surface area contributed by atoms with Crippen LogP contribution in [0.2, 0.25) is 0 Å². The molecule has 3 rings (SSSR count). The summed E-state index contributed by atoms with van der Waals surface area (Å²) in [7, 11) is 0. The maximum Gasteiger partial charge on any atom is 0.338 e. The predicted octanol–water partition coefficient (Wildman–Crippen LogP) is 4.00. The molecule has 10 nitrogen and oxygen atoms in total. The standard InChI is InChI=1S/C24H30N4O6.C2H6/c1-18-15-20(27-30)16-25-22(18)23-26-21(34-28-23)17-32-13-8-12-31-11-6-3-7-14-33-24(29)19-9-4-2-5-10-19;1-2/h2,4-5,9-10,15-16,27,30H,3,6-8,11-14,17H2,1H3;1-2H3/p+1. The number of aromatic nitrogens is 3. The van der Waals surface area contributed by atoms with E-state index in [1.807, 2.05) is 39.0 Å². The molecule has 2 heterocycles. The summed E-state index contributed by atoms with van der Waals surface area (Å²) in [5.74, 6) is 0.484. The molecular weight excluding hydrogens is 464 g/mol. The molecule has 0 bridgehead atoms. The van der Waals surface area contributed by atoms with Gasteiger partial charge in [0.15, 0.2) is 5.69 Å². The first-order valence-corrected chi connectivity index (χ1v) is 12.3. The molecule has 0 atom stereocenters. The van der Waals surface area contributed by atoms with Gasteiger partial charge in [0.2, 0.25) is 5.82 Å². The van der Waals surface area contributed by atoms with Crippen molar-refractivity contribution in [2.45, 2.75) is 53.1 Å². The van der Waals surface area contributed by atoms with Gasteiger partial charge in [0.05, 0.1) is 18.4 Å². The van der Waals surface area contributed by atoms with E-state index < -0.39 is 0 Å². The minimum atomic E-state index is -0.282. The van der Waals surface area contributed by atoms with Crippen LogP contribution in [0.1, 0.15) is 61.3 Å². The summed E-state index contributed by atoms with van der Waals surface area (Å²) in [4.78, 5) is 20.4. The predicted molar refractivity (Wildman–Crippen MR) is 133 cm³/mol. The summed E-state index contributed by atoms with van der Waals surface area (Å²) in [5, 5.41) is 13.0. The smallest absolute Gasteiger partial charge is 0.338 e. The highest BCUT2D eigenvalue weighted by molar-refractivity contribution is 5.89. The third-order valence-electron chi connectivity index (χ3n) is 4.91. The molecule has 3 N–H and O–H groups in total. The monoisotopic (exact) mass is 501 g/mol. The Labute approximate surface area is 212 Å². The number of nitrogens with zero attached hydrogens (tertiary/aromatic N) is 3. The zero-order valence-corrected chi connectivity index (χ0v) is 21.3. The van der Waals surface area contributed by atoms with Crippen LogP contribution in [0.4, 0.5) is 5.69 Å². The molecule has 1 aromatic carbocycles. The maximum atomic E-state index is 11.8. The summed E-state index contributed by atoms with van der Waals surface area (Å²) in [5.41, 5.74) is 3.62. The lowest BCUT2D eigenvalue weighted by atomic mass is 10.2. The van der Waals surface area contributed by atoms with Crippen LogP contribution in [-0.2, 0) is 20.8 Å². The molecule has 0 radical (unpaired) electrons. The molecule has 10 heteroatoms. The van der Waals surface area contributed by atoms with Gasteiger partial charge in [0, 0.05) is 25.9 Å². The molecule has 0 aliphatic carbocycles. The quantitative estimate of drug-likeness (QED) is 0.180. The Bertz CT molecular complexity index is 1010. The van der Waals surface area contributed by atoms with Crippen LogP contribution < -0.4 is 5.48 Å². The fraction of sp³-hybridized carbons (Fsp3) is 0.462. The number of nitrogens with two attached hydrogens (primary N) is 1. The first-order valence-electron chi connectivity index (χ1n) is 12.3. The van der Waals surface area contributed by atoms with Crippen molar-refractivity contribution in [3.63, 3.8) is 0 Å².